The Morgan fingerprint density at radius 3 is 2.88 bits per heavy atom. The van der Waals surface area contributed by atoms with Crippen molar-refractivity contribution in [2.75, 3.05) is 0 Å². The molecular formula is C12H14BrN3O. The van der Waals surface area contributed by atoms with Gasteiger partial charge in [-0.05, 0) is 40.4 Å². The molecule has 1 atom stereocenters. The number of aliphatic hydroxyl groups excluding tert-OH is 1. The van der Waals surface area contributed by atoms with Crippen molar-refractivity contribution in [1.29, 1.82) is 0 Å². The largest absolute Gasteiger partial charge is 0.387 e. The maximum atomic E-state index is 10.1. The molecule has 1 N–H and O–H groups in total. The van der Waals surface area contributed by atoms with Gasteiger partial charge in [-0.3, -0.25) is 9.67 Å². The van der Waals surface area contributed by atoms with Crippen LogP contribution in [0.3, 0.4) is 0 Å². The molecule has 2 aromatic heterocycles. The lowest BCUT2D eigenvalue weighted by Crippen LogP contribution is -2.07. The fourth-order valence-electron chi connectivity index (χ4n) is 1.78. The summed E-state index contributed by atoms with van der Waals surface area (Å²) in [4.78, 5) is 4.05. The van der Waals surface area contributed by atoms with E-state index in [1.54, 1.807) is 17.1 Å². The van der Waals surface area contributed by atoms with Gasteiger partial charge in [-0.25, -0.2) is 0 Å². The molecule has 4 nitrogen and oxygen atoms in total. The second-order valence-corrected chi connectivity index (χ2v) is 4.77. The first kappa shape index (κ1) is 12.3. The summed E-state index contributed by atoms with van der Waals surface area (Å²) in [6.07, 6.45) is 6.21. The fraction of sp³-hybridized carbons (Fsp3) is 0.333. The number of nitrogens with zero attached hydrogens (tertiary/aromatic N) is 3. The molecule has 0 bridgehead atoms. The van der Waals surface area contributed by atoms with Gasteiger partial charge in [0.05, 0.1) is 22.5 Å². The van der Waals surface area contributed by atoms with Crippen molar-refractivity contribution in [3.63, 3.8) is 0 Å². The Morgan fingerprint density at radius 2 is 2.29 bits per heavy atom. The lowest BCUT2D eigenvalue weighted by atomic mass is 10.1. The van der Waals surface area contributed by atoms with Crippen molar-refractivity contribution >= 4 is 15.9 Å². The number of hydrogen-bond acceptors (Lipinski definition) is 3. The first-order valence-corrected chi connectivity index (χ1v) is 6.22. The van der Waals surface area contributed by atoms with Crippen LogP contribution in [0.25, 0.3) is 0 Å². The quantitative estimate of drug-likeness (QED) is 0.941. The number of halogens is 1. The zero-order valence-electron chi connectivity index (χ0n) is 9.55. The molecule has 0 aliphatic heterocycles. The summed E-state index contributed by atoms with van der Waals surface area (Å²) >= 11 is 3.39. The van der Waals surface area contributed by atoms with Gasteiger partial charge in [-0.1, -0.05) is 6.07 Å². The molecule has 0 saturated carbocycles. The molecule has 5 heteroatoms. The fourth-order valence-corrected chi connectivity index (χ4v) is 2.39. The van der Waals surface area contributed by atoms with Gasteiger partial charge in [0, 0.05) is 19.4 Å². The van der Waals surface area contributed by atoms with Crippen LogP contribution in [-0.2, 0) is 13.5 Å². The molecule has 0 aliphatic carbocycles. The molecule has 2 aromatic rings. The minimum Gasteiger partial charge on any atom is -0.387 e. The minimum atomic E-state index is -0.517. The molecule has 2 heterocycles. The molecule has 0 radical (unpaired) electrons. The van der Waals surface area contributed by atoms with Crippen LogP contribution in [0.2, 0.25) is 0 Å². The molecule has 0 aromatic carbocycles. The van der Waals surface area contributed by atoms with Gasteiger partial charge in [0.2, 0.25) is 0 Å². The highest BCUT2D eigenvalue weighted by molar-refractivity contribution is 9.10. The van der Waals surface area contributed by atoms with Crippen molar-refractivity contribution in [1.82, 2.24) is 14.8 Å². The third-order valence-corrected chi connectivity index (χ3v) is 3.29. The number of aromatic nitrogens is 3. The van der Waals surface area contributed by atoms with Gasteiger partial charge >= 0.3 is 0 Å². The van der Waals surface area contributed by atoms with Gasteiger partial charge in [-0.15, -0.1) is 0 Å². The summed E-state index contributed by atoms with van der Waals surface area (Å²) < 4.78 is 2.54. The molecule has 0 fully saturated rings. The van der Waals surface area contributed by atoms with E-state index >= 15 is 0 Å². The predicted molar refractivity (Wildman–Crippen MR) is 68.4 cm³/mol. The Balaban J connectivity index is 2.01. The van der Waals surface area contributed by atoms with E-state index in [1.165, 1.54) is 0 Å². The Kier molecular flexibility index (Phi) is 3.91. The smallest absolute Gasteiger partial charge is 0.0971 e. The van der Waals surface area contributed by atoms with E-state index in [0.29, 0.717) is 6.42 Å². The zero-order valence-corrected chi connectivity index (χ0v) is 11.1. The molecule has 90 valence electrons. The van der Waals surface area contributed by atoms with Crippen LogP contribution in [-0.4, -0.2) is 19.9 Å². The summed E-state index contributed by atoms with van der Waals surface area (Å²) in [5.74, 6) is 0. The molecule has 2 rings (SSSR count). The maximum Gasteiger partial charge on any atom is 0.0971 e. The van der Waals surface area contributed by atoms with E-state index in [2.05, 4.69) is 26.0 Å². The van der Waals surface area contributed by atoms with E-state index in [-0.39, 0.29) is 0 Å². The van der Waals surface area contributed by atoms with E-state index in [0.717, 1.165) is 22.2 Å². The minimum absolute atomic E-state index is 0.517. The maximum absolute atomic E-state index is 10.1. The lowest BCUT2D eigenvalue weighted by molar-refractivity contribution is 0.157. The monoisotopic (exact) mass is 295 g/mol. The Hall–Kier alpha value is -1.20. The van der Waals surface area contributed by atoms with Gasteiger partial charge in [0.15, 0.2) is 0 Å². The van der Waals surface area contributed by atoms with Crippen molar-refractivity contribution < 1.29 is 5.11 Å². The van der Waals surface area contributed by atoms with Crippen LogP contribution in [0, 0.1) is 0 Å². The van der Waals surface area contributed by atoms with Gasteiger partial charge in [0.25, 0.3) is 0 Å². The van der Waals surface area contributed by atoms with Crippen molar-refractivity contribution in [3.8, 4) is 0 Å². The highest BCUT2D eigenvalue weighted by Crippen LogP contribution is 2.25. The second-order valence-electron chi connectivity index (χ2n) is 3.92. The number of aryl methyl sites for hydroxylation is 2. The van der Waals surface area contributed by atoms with Crippen LogP contribution in [0.5, 0.6) is 0 Å². The topological polar surface area (TPSA) is 50.9 Å². The third-order valence-electron chi connectivity index (χ3n) is 2.68. The molecule has 0 aliphatic rings. The first-order chi connectivity index (χ1) is 8.18. The average molecular weight is 296 g/mol. The number of hydrogen-bond donors (Lipinski definition) is 1. The molecule has 0 spiro atoms. The Morgan fingerprint density at radius 1 is 1.47 bits per heavy atom. The average Bonchev–Trinajstić information content (AvgIpc) is 2.67. The van der Waals surface area contributed by atoms with Crippen molar-refractivity contribution in [2.45, 2.75) is 18.9 Å². The number of rotatable bonds is 4. The highest BCUT2D eigenvalue weighted by atomic mass is 79.9. The highest BCUT2D eigenvalue weighted by Gasteiger charge is 2.15. The molecule has 1 unspecified atom stereocenters. The molecule has 17 heavy (non-hydrogen) atoms. The van der Waals surface area contributed by atoms with Gasteiger partial charge in [-0.2, -0.15) is 5.10 Å². The number of aliphatic hydroxyl groups is 1. The molecular weight excluding hydrogens is 282 g/mol. The van der Waals surface area contributed by atoms with Crippen LogP contribution in [0.4, 0.5) is 0 Å². The van der Waals surface area contributed by atoms with Crippen LogP contribution < -0.4 is 0 Å². The predicted octanol–water partition coefficient (Wildman–Crippen LogP) is 2.24. The van der Waals surface area contributed by atoms with Crippen molar-refractivity contribution in [3.05, 3.63) is 46.5 Å². The Labute approximate surface area is 108 Å². The summed E-state index contributed by atoms with van der Waals surface area (Å²) in [6.45, 7) is 0. The van der Waals surface area contributed by atoms with Crippen LogP contribution >= 0.6 is 15.9 Å². The third kappa shape index (κ3) is 2.92. The van der Waals surface area contributed by atoms with E-state index in [4.69, 9.17) is 0 Å². The first-order valence-electron chi connectivity index (χ1n) is 5.43. The molecule has 0 amide bonds. The van der Waals surface area contributed by atoms with E-state index in [9.17, 15) is 5.11 Å². The summed E-state index contributed by atoms with van der Waals surface area (Å²) in [5.41, 5.74) is 1.94. The lowest BCUT2D eigenvalue weighted by Gasteiger charge is -2.11. The second kappa shape index (κ2) is 5.42. The number of pyridine rings is 1. The van der Waals surface area contributed by atoms with Crippen molar-refractivity contribution in [2.24, 2.45) is 7.05 Å². The molecule has 0 saturated heterocycles. The van der Waals surface area contributed by atoms with Gasteiger partial charge in [0.1, 0.15) is 0 Å². The summed E-state index contributed by atoms with van der Waals surface area (Å²) in [6, 6.07) is 3.92. The van der Waals surface area contributed by atoms with Crippen LogP contribution in [0.1, 0.15) is 23.8 Å². The SMILES string of the molecule is Cn1ncc(Br)c1C(O)CCc1cccnc1. The summed E-state index contributed by atoms with van der Waals surface area (Å²) in [5, 5.41) is 14.2. The Bertz CT molecular complexity index is 464. The standard InChI is InChI=1S/C12H14BrN3O/c1-16-12(10(13)8-15-16)11(17)5-4-9-3-2-6-14-7-9/h2-3,6-8,11,17H,4-5H2,1H3. The van der Waals surface area contributed by atoms with Crippen LogP contribution in [0.15, 0.2) is 35.2 Å². The van der Waals surface area contributed by atoms with Gasteiger partial charge < -0.3 is 5.11 Å². The van der Waals surface area contributed by atoms with E-state index in [1.807, 2.05) is 25.4 Å². The summed E-state index contributed by atoms with van der Waals surface area (Å²) in [7, 11) is 1.83. The zero-order chi connectivity index (χ0) is 12.3. The van der Waals surface area contributed by atoms with E-state index < -0.39 is 6.10 Å². The normalized spacial score (nSPS) is 12.6.